The number of nitrogens with one attached hydrogen (secondary N) is 1. The first-order chi connectivity index (χ1) is 15.8. The van der Waals surface area contributed by atoms with E-state index in [1.807, 2.05) is 7.05 Å². The van der Waals surface area contributed by atoms with E-state index in [1.165, 1.54) is 24.0 Å². The van der Waals surface area contributed by atoms with E-state index in [2.05, 4.69) is 51.3 Å². The van der Waals surface area contributed by atoms with Gasteiger partial charge in [0.05, 0.1) is 18.8 Å². The third-order valence-corrected chi connectivity index (χ3v) is 7.39. The number of piperidine rings is 1. The first-order valence-electron chi connectivity index (χ1n) is 12.8. The maximum atomic E-state index is 6.19. The third-order valence-electron chi connectivity index (χ3n) is 7.39. The molecule has 6 nitrogen and oxygen atoms in total. The van der Waals surface area contributed by atoms with Gasteiger partial charge in [0, 0.05) is 52.4 Å². The van der Waals surface area contributed by atoms with Crippen LogP contribution < -0.4 is 5.32 Å². The Labute approximate surface area is 194 Å². The predicted molar refractivity (Wildman–Crippen MR) is 130 cm³/mol. The van der Waals surface area contributed by atoms with Crippen LogP contribution in [0.25, 0.3) is 0 Å². The minimum Gasteiger partial charge on any atom is -0.376 e. The Morgan fingerprint density at radius 1 is 1.16 bits per heavy atom. The van der Waals surface area contributed by atoms with Gasteiger partial charge < -0.3 is 19.7 Å². The van der Waals surface area contributed by atoms with Gasteiger partial charge in [-0.2, -0.15) is 0 Å². The van der Waals surface area contributed by atoms with Crippen LogP contribution in [-0.4, -0.2) is 80.4 Å². The average Bonchev–Trinajstić information content (AvgIpc) is 2.86. The van der Waals surface area contributed by atoms with E-state index in [-0.39, 0.29) is 0 Å². The van der Waals surface area contributed by atoms with E-state index >= 15 is 0 Å². The van der Waals surface area contributed by atoms with Crippen molar-refractivity contribution in [3.63, 3.8) is 0 Å². The van der Waals surface area contributed by atoms with Gasteiger partial charge in [-0.05, 0) is 56.1 Å². The molecule has 4 rings (SSSR count). The molecule has 3 aliphatic heterocycles. The predicted octanol–water partition coefficient (Wildman–Crippen LogP) is 3.45. The summed E-state index contributed by atoms with van der Waals surface area (Å²) in [7, 11) is 1.91. The summed E-state index contributed by atoms with van der Waals surface area (Å²) >= 11 is 0. The monoisotopic (exact) mass is 442 g/mol. The largest absolute Gasteiger partial charge is 0.376 e. The highest BCUT2D eigenvalue weighted by Gasteiger charge is 2.26. The molecule has 2 atom stereocenters. The Morgan fingerprint density at radius 2 is 1.97 bits per heavy atom. The van der Waals surface area contributed by atoms with Crippen LogP contribution in [0.4, 0.5) is 0 Å². The van der Waals surface area contributed by atoms with Crippen LogP contribution in [0.5, 0.6) is 0 Å². The summed E-state index contributed by atoms with van der Waals surface area (Å²) in [6.45, 7) is 9.11. The molecule has 0 radical (unpaired) electrons. The number of guanidine groups is 1. The Bertz CT molecular complexity index is 726. The number of fused-ring (bicyclic) bond motifs is 1. The van der Waals surface area contributed by atoms with Gasteiger partial charge in [0.2, 0.25) is 0 Å². The molecule has 0 spiro atoms. The molecule has 0 aliphatic carbocycles. The second-order valence-corrected chi connectivity index (χ2v) is 9.49. The second-order valence-electron chi connectivity index (χ2n) is 9.49. The lowest BCUT2D eigenvalue weighted by atomic mass is 9.98. The van der Waals surface area contributed by atoms with Crippen molar-refractivity contribution in [2.45, 2.75) is 76.7 Å². The fourth-order valence-electron chi connectivity index (χ4n) is 5.32. The Kier molecular flexibility index (Phi) is 8.83. The Morgan fingerprint density at radius 3 is 2.69 bits per heavy atom. The Balaban J connectivity index is 1.20. The maximum Gasteiger partial charge on any atom is 0.193 e. The first-order valence-corrected chi connectivity index (χ1v) is 12.8. The van der Waals surface area contributed by atoms with Crippen molar-refractivity contribution < 1.29 is 9.47 Å². The molecule has 32 heavy (non-hydrogen) atoms. The maximum absolute atomic E-state index is 6.19. The number of likely N-dealkylation sites (tertiary alicyclic amines) is 1. The molecule has 1 aromatic rings. The summed E-state index contributed by atoms with van der Waals surface area (Å²) in [6, 6.07) is 9.42. The number of hydrogen-bond acceptors (Lipinski definition) is 4. The molecule has 6 heteroatoms. The van der Waals surface area contributed by atoms with Gasteiger partial charge in [-0.15, -0.1) is 0 Å². The molecule has 3 heterocycles. The van der Waals surface area contributed by atoms with E-state index < -0.39 is 0 Å². The molecular weight excluding hydrogens is 400 g/mol. The first kappa shape index (κ1) is 23.5. The van der Waals surface area contributed by atoms with Crippen molar-refractivity contribution >= 4 is 5.96 Å². The highest BCUT2D eigenvalue weighted by atomic mass is 16.5. The van der Waals surface area contributed by atoms with Crippen molar-refractivity contribution in [1.82, 2.24) is 15.1 Å². The van der Waals surface area contributed by atoms with Crippen LogP contribution in [0, 0.1) is 0 Å². The van der Waals surface area contributed by atoms with Crippen LogP contribution in [0.1, 0.15) is 56.6 Å². The van der Waals surface area contributed by atoms with Crippen molar-refractivity contribution in [1.29, 1.82) is 0 Å². The van der Waals surface area contributed by atoms with Crippen LogP contribution in [-0.2, 0) is 22.4 Å². The Hall–Kier alpha value is -1.63. The zero-order valence-electron chi connectivity index (χ0n) is 20.1. The molecule has 3 aliphatic rings. The highest BCUT2D eigenvalue weighted by Crippen LogP contribution is 2.21. The smallest absolute Gasteiger partial charge is 0.193 e. The molecule has 0 saturated carbocycles. The van der Waals surface area contributed by atoms with E-state index in [0.29, 0.717) is 18.2 Å². The molecule has 2 unspecified atom stereocenters. The van der Waals surface area contributed by atoms with Crippen molar-refractivity contribution in [2.24, 2.45) is 4.99 Å². The summed E-state index contributed by atoms with van der Waals surface area (Å²) in [5.41, 5.74) is 3.00. The molecule has 0 bridgehead atoms. The van der Waals surface area contributed by atoms with Crippen LogP contribution in [0.15, 0.2) is 29.3 Å². The summed E-state index contributed by atoms with van der Waals surface area (Å²) in [6.07, 6.45) is 8.71. The molecule has 2 saturated heterocycles. The molecule has 0 amide bonds. The summed E-state index contributed by atoms with van der Waals surface area (Å²) in [5, 5.41) is 3.68. The van der Waals surface area contributed by atoms with Crippen molar-refractivity contribution in [3.8, 4) is 0 Å². The lowest BCUT2D eigenvalue weighted by Gasteiger charge is -2.38. The molecular formula is C26H42N4O2. The highest BCUT2D eigenvalue weighted by molar-refractivity contribution is 5.80. The zero-order valence-corrected chi connectivity index (χ0v) is 20.1. The third kappa shape index (κ3) is 6.24. The standard InChI is InChI=1S/C26H42N4O2/c1-3-23(30-14-11-21-8-4-5-9-22(21)19-30)18-28-26(27-2)29-15-12-24(13-16-29)32-20-25-10-6-7-17-31-25/h4-5,8-9,23-25H,3,6-7,10-20H2,1-2H3,(H,27,28). The molecule has 1 aromatic carbocycles. The summed E-state index contributed by atoms with van der Waals surface area (Å²) in [5.74, 6) is 1.04. The van der Waals surface area contributed by atoms with Crippen molar-refractivity contribution in [3.05, 3.63) is 35.4 Å². The van der Waals surface area contributed by atoms with Gasteiger partial charge in [0.15, 0.2) is 5.96 Å². The minimum atomic E-state index is 0.309. The van der Waals surface area contributed by atoms with Gasteiger partial charge >= 0.3 is 0 Å². The number of hydrogen-bond donors (Lipinski definition) is 1. The SMILES string of the molecule is CCC(CNC(=NC)N1CCC(OCC2CCCCO2)CC1)N1CCc2ccccc2C1. The molecule has 178 valence electrons. The molecule has 0 aromatic heterocycles. The molecule has 1 N–H and O–H groups in total. The number of ether oxygens (including phenoxy) is 2. The van der Waals surface area contributed by atoms with Crippen LogP contribution >= 0.6 is 0 Å². The fraction of sp³-hybridized carbons (Fsp3) is 0.731. The van der Waals surface area contributed by atoms with Gasteiger partial charge in [-0.1, -0.05) is 31.2 Å². The quantitative estimate of drug-likeness (QED) is 0.518. The number of benzene rings is 1. The lowest BCUT2D eigenvalue weighted by molar-refractivity contribution is -0.0721. The summed E-state index contributed by atoms with van der Waals surface area (Å²) < 4.78 is 12.0. The van der Waals surface area contributed by atoms with Gasteiger partial charge in [0.1, 0.15) is 0 Å². The summed E-state index contributed by atoms with van der Waals surface area (Å²) in [4.78, 5) is 9.63. The van der Waals surface area contributed by atoms with Crippen LogP contribution in [0.3, 0.4) is 0 Å². The number of rotatable bonds is 7. The zero-order chi connectivity index (χ0) is 22.2. The number of nitrogens with zero attached hydrogens (tertiary/aromatic N) is 3. The molecule has 2 fully saturated rings. The number of aliphatic imine (C=N–C) groups is 1. The van der Waals surface area contributed by atoms with Gasteiger partial charge in [-0.3, -0.25) is 9.89 Å². The van der Waals surface area contributed by atoms with Gasteiger partial charge in [0.25, 0.3) is 0 Å². The van der Waals surface area contributed by atoms with E-state index in [9.17, 15) is 0 Å². The average molecular weight is 443 g/mol. The van der Waals surface area contributed by atoms with Crippen molar-refractivity contribution in [2.75, 3.05) is 46.4 Å². The van der Waals surface area contributed by atoms with Gasteiger partial charge in [-0.25, -0.2) is 0 Å². The lowest BCUT2D eigenvalue weighted by Crippen LogP contribution is -2.51. The minimum absolute atomic E-state index is 0.309. The van der Waals surface area contributed by atoms with E-state index in [0.717, 1.165) is 84.0 Å². The second kappa shape index (κ2) is 12.0. The van der Waals surface area contributed by atoms with Crippen LogP contribution in [0.2, 0.25) is 0 Å². The van der Waals surface area contributed by atoms with E-state index in [4.69, 9.17) is 9.47 Å². The fourth-order valence-corrected chi connectivity index (χ4v) is 5.32. The van der Waals surface area contributed by atoms with E-state index in [1.54, 1.807) is 0 Å². The topological polar surface area (TPSA) is 49.3 Å². The normalized spacial score (nSPS) is 24.2.